The van der Waals surface area contributed by atoms with E-state index in [1.165, 1.54) is 6.92 Å². The highest BCUT2D eigenvalue weighted by molar-refractivity contribution is 6.17. The molecule has 0 aliphatic carbocycles. The van der Waals surface area contributed by atoms with Gasteiger partial charge in [0.15, 0.2) is 5.69 Å². The van der Waals surface area contributed by atoms with Crippen LogP contribution in [0.4, 0.5) is 8.78 Å². The van der Waals surface area contributed by atoms with Crippen LogP contribution in [-0.4, -0.2) is 22.4 Å². The molecule has 0 aliphatic rings. The van der Waals surface area contributed by atoms with Crippen LogP contribution in [0.2, 0.25) is 0 Å². The van der Waals surface area contributed by atoms with Gasteiger partial charge in [-0.2, -0.15) is 13.9 Å². The molecule has 0 saturated carbocycles. The van der Waals surface area contributed by atoms with Crippen LogP contribution in [0.1, 0.15) is 35.2 Å². The lowest BCUT2D eigenvalue weighted by Gasteiger charge is -2.00. The van der Waals surface area contributed by atoms with Gasteiger partial charge in [-0.3, -0.25) is 0 Å². The molecule has 0 amide bonds. The molecular formula is C9H11ClF2N2O2. The summed E-state index contributed by atoms with van der Waals surface area (Å²) in [4.78, 5) is 11.4. The monoisotopic (exact) mass is 252 g/mol. The number of nitrogens with zero attached hydrogens (tertiary/aromatic N) is 2. The summed E-state index contributed by atoms with van der Waals surface area (Å²) in [5.41, 5.74) is 0.308. The largest absolute Gasteiger partial charge is 0.461 e. The Morgan fingerprint density at radius 2 is 2.25 bits per heavy atom. The number of hydrogen-bond acceptors (Lipinski definition) is 3. The van der Waals surface area contributed by atoms with E-state index in [2.05, 4.69) is 5.10 Å². The Kier molecular flexibility index (Phi) is 4.23. The molecule has 90 valence electrons. The predicted molar refractivity (Wildman–Crippen MR) is 53.7 cm³/mol. The van der Waals surface area contributed by atoms with E-state index in [0.717, 1.165) is 0 Å². The fourth-order valence-electron chi connectivity index (χ4n) is 1.27. The number of carbonyl (C=O) groups excluding carboxylic acids is 1. The van der Waals surface area contributed by atoms with Crippen LogP contribution < -0.4 is 0 Å². The molecule has 0 fully saturated rings. The average Bonchev–Trinajstić information content (AvgIpc) is 2.55. The van der Waals surface area contributed by atoms with Crippen molar-refractivity contribution in [2.75, 3.05) is 6.61 Å². The minimum atomic E-state index is -2.80. The molecule has 1 heterocycles. The van der Waals surface area contributed by atoms with E-state index in [1.54, 1.807) is 6.92 Å². The van der Waals surface area contributed by atoms with E-state index < -0.39 is 12.5 Å². The van der Waals surface area contributed by atoms with Gasteiger partial charge in [0, 0.05) is 11.3 Å². The molecule has 0 bridgehead atoms. The topological polar surface area (TPSA) is 44.1 Å². The van der Waals surface area contributed by atoms with Crippen LogP contribution >= 0.6 is 11.6 Å². The second-order valence-electron chi connectivity index (χ2n) is 2.99. The number of aromatic nitrogens is 2. The van der Waals surface area contributed by atoms with E-state index in [-0.39, 0.29) is 29.4 Å². The van der Waals surface area contributed by atoms with Crippen molar-refractivity contribution < 1.29 is 18.3 Å². The SMILES string of the molecule is CCOC(=O)c1nn(C(F)F)c(C)c1CCl. The standard InChI is InChI=1S/C9H11ClF2N2O2/c1-3-16-8(15)7-6(4-10)5(2)14(13-7)9(11)12/h9H,3-4H2,1-2H3. The maximum Gasteiger partial charge on any atom is 0.359 e. The van der Waals surface area contributed by atoms with E-state index in [1.807, 2.05) is 0 Å². The molecule has 1 rings (SSSR count). The van der Waals surface area contributed by atoms with Crippen LogP contribution in [0.15, 0.2) is 0 Å². The Morgan fingerprint density at radius 3 is 2.69 bits per heavy atom. The normalized spacial score (nSPS) is 10.9. The molecule has 16 heavy (non-hydrogen) atoms. The minimum Gasteiger partial charge on any atom is -0.461 e. The molecule has 0 aromatic carbocycles. The van der Waals surface area contributed by atoms with Gasteiger partial charge in [-0.15, -0.1) is 11.6 Å². The van der Waals surface area contributed by atoms with Gasteiger partial charge in [0.1, 0.15) is 0 Å². The third-order valence-electron chi connectivity index (χ3n) is 2.06. The number of carbonyl (C=O) groups is 1. The lowest BCUT2D eigenvalue weighted by Crippen LogP contribution is -2.09. The van der Waals surface area contributed by atoms with Crippen molar-refractivity contribution in [2.24, 2.45) is 0 Å². The van der Waals surface area contributed by atoms with Gasteiger partial charge >= 0.3 is 12.5 Å². The zero-order valence-electron chi connectivity index (χ0n) is 8.84. The van der Waals surface area contributed by atoms with E-state index >= 15 is 0 Å². The summed E-state index contributed by atoms with van der Waals surface area (Å²) >= 11 is 5.59. The molecule has 0 spiro atoms. The molecule has 0 unspecified atom stereocenters. The van der Waals surface area contributed by atoms with E-state index in [0.29, 0.717) is 4.68 Å². The van der Waals surface area contributed by atoms with Gasteiger partial charge in [-0.1, -0.05) is 0 Å². The summed E-state index contributed by atoms with van der Waals surface area (Å²) in [6.07, 6.45) is 0. The van der Waals surface area contributed by atoms with Crippen molar-refractivity contribution in [3.05, 3.63) is 17.0 Å². The Balaban J connectivity index is 3.18. The molecule has 0 atom stereocenters. The van der Waals surface area contributed by atoms with Crippen molar-refractivity contribution in [2.45, 2.75) is 26.3 Å². The number of halogens is 3. The maximum absolute atomic E-state index is 12.5. The molecule has 0 N–H and O–H groups in total. The van der Waals surface area contributed by atoms with Crippen LogP contribution in [0.5, 0.6) is 0 Å². The Labute approximate surface area is 96.1 Å². The van der Waals surface area contributed by atoms with Crippen LogP contribution in [0.3, 0.4) is 0 Å². The van der Waals surface area contributed by atoms with Crippen molar-refractivity contribution in [1.82, 2.24) is 9.78 Å². The van der Waals surface area contributed by atoms with Crippen molar-refractivity contribution >= 4 is 17.6 Å². The molecule has 1 aromatic rings. The Hall–Kier alpha value is -1.17. The lowest BCUT2D eigenvalue weighted by atomic mass is 10.2. The zero-order chi connectivity index (χ0) is 12.3. The highest BCUT2D eigenvalue weighted by atomic mass is 35.5. The number of hydrogen-bond donors (Lipinski definition) is 0. The van der Waals surface area contributed by atoms with Crippen molar-refractivity contribution in [3.63, 3.8) is 0 Å². The first kappa shape index (κ1) is 12.9. The van der Waals surface area contributed by atoms with Gasteiger partial charge in [0.25, 0.3) is 0 Å². The predicted octanol–water partition coefficient (Wildman–Crippen LogP) is 2.50. The first-order chi connectivity index (χ1) is 7.52. The second-order valence-corrected chi connectivity index (χ2v) is 3.26. The van der Waals surface area contributed by atoms with Gasteiger partial charge in [-0.05, 0) is 13.8 Å². The summed E-state index contributed by atoms with van der Waals surface area (Å²) in [6.45, 7) is 0.404. The number of esters is 1. The molecule has 0 radical (unpaired) electrons. The Bertz CT molecular complexity index is 393. The molecule has 7 heteroatoms. The van der Waals surface area contributed by atoms with Gasteiger partial charge in [-0.25, -0.2) is 9.48 Å². The summed E-state index contributed by atoms with van der Waals surface area (Å²) in [5, 5.41) is 3.51. The molecule has 4 nitrogen and oxygen atoms in total. The van der Waals surface area contributed by atoms with Gasteiger partial charge in [0.2, 0.25) is 0 Å². The zero-order valence-corrected chi connectivity index (χ0v) is 9.59. The average molecular weight is 253 g/mol. The van der Waals surface area contributed by atoms with Crippen LogP contribution in [0.25, 0.3) is 0 Å². The lowest BCUT2D eigenvalue weighted by molar-refractivity contribution is 0.0473. The van der Waals surface area contributed by atoms with E-state index in [4.69, 9.17) is 16.3 Å². The summed E-state index contributed by atoms with van der Waals surface area (Å²) in [6, 6.07) is 0. The molecule has 0 saturated heterocycles. The number of alkyl halides is 3. The highest BCUT2D eigenvalue weighted by Gasteiger charge is 2.24. The fraction of sp³-hybridized carbons (Fsp3) is 0.556. The number of rotatable bonds is 4. The maximum atomic E-state index is 12.5. The second kappa shape index (κ2) is 5.25. The van der Waals surface area contributed by atoms with Crippen LogP contribution in [0, 0.1) is 6.92 Å². The third-order valence-corrected chi connectivity index (χ3v) is 2.33. The first-order valence-electron chi connectivity index (χ1n) is 4.62. The quantitative estimate of drug-likeness (QED) is 0.611. The molecular weight excluding hydrogens is 242 g/mol. The Morgan fingerprint density at radius 1 is 1.62 bits per heavy atom. The van der Waals surface area contributed by atoms with Crippen LogP contribution in [-0.2, 0) is 10.6 Å². The van der Waals surface area contributed by atoms with Gasteiger partial charge < -0.3 is 4.74 Å². The summed E-state index contributed by atoms with van der Waals surface area (Å²) in [5.74, 6) is -0.798. The highest BCUT2D eigenvalue weighted by Crippen LogP contribution is 2.21. The van der Waals surface area contributed by atoms with Crippen molar-refractivity contribution in [1.29, 1.82) is 0 Å². The number of ether oxygens (including phenoxy) is 1. The van der Waals surface area contributed by atoms with Crippen molar-refractivity contribution in [3.8, 4) is 0 Å². The fourth-order valence-corrected chi connectivity index (χ4v) is 1.59. The first-order valence-corrected chi connectivity index (χ1v) is 5.15. The minimum absolute atomic E-state index is 0.0628. The smallest absolute Gasteiger partial charge is 0.359 e. The third kappa shape index (κ3) is 2.32. The summed E-state index contributed by atoms with van der Waals surface area (Å²) in [7, 11) is 0. The van der Waals surface area contributed by atoms with E-state index in [9.17, 15) is 13.6 Å². The van der Waals surface area contributed by atoms with Gasteiger partial charge in [0.05, 0.1) is 12.5 Å². The molecule has 1 aromatic heterocycles. The summed E-state index contributed by atoms with van der Waals surface area (Å²) < 4.78 is 30.2. The molecule has 0 aliphatic heterocycles.